The standard InChI is InChI=1S/C14H27NO2S.C10H22N2O2S/c1-12(2)13-8-10-15(11-9-13)18(16,17)14-6-4-3-5-7-14;1-9(2)10-5-7-12(8-6-10)15(13,14)11(3)4/h12-14H,3-11H2,1-2H3;9-10H,5-8H2,1-4H3. The Morgan fingerprint density at radius 3 is 1.39 bits per heavy atom. The lowest BCUT2D eigenvalue weighted by atomic mass is 9.87. The Morgan fingerprint density at radius 1 is 0.636 bits per heavy atom. The van der Waals surface area contributed by atoms with Gasteiger partial charge in [0.25, 0.3) is 10.2 Å². The minimum atomic E-state index is -3.18. The first-order chi connectivity index (χ1) is 15.4. The zero-order valence-corrected chi connectivity index (χ0v) is 23.5. The zero-order chi connectivity index (χ0) is 24.8. The number of hydrogen-bond acceptors (Lipinski definition) is 4. The Hall–Kier alpha value is -0.220. The summed E-state index contributed by atoms with van der Waals surface area (Å²) in [6.45, 7) is 11.8. The third-order valence-electron chi connectivity index (χ3n) is 8.00. The van der Waals surface area contributed by atoms with Gasteiger partial charge in [-0.1, -0.05) is 47.0 Å². The lowest BCUT2D eigenvalue weighted by Crippen LogP contribution is -2.44. The normalized spacial score (nSPS) is 23.8. The summed E-state index contributed by atoms with van der Waals surface area (Å²) in [5.74, 6) is 2.74. The van der Waals surface area contributed by atoms with Crippen molar-refractivity contribution in [2.24, 2.45) is 23.7 Å². The second-order valence-electron chi connectivity index (χ2n) is 11.1. The molecule has 3 rings (SSSR count). The summed E-state index contributed by atoms with van der Waals surface area (Å²) in [7, 11) is -3.01. The van der Waals surface area contributed by atoms with Gasteiger partial charge in [0, 0.05) is 40.3 Å². The van der Waals surface area contributed by atoms with Crippen LogP contribution in [-0.4, -0.2) is 75.3 Å². The van der Waals surface area contributed by atoms with E-state index >= 15 is 0 Å². The molecular formula is C24H49N3O4S2. The maximum atomic E-state index is 12.5. The van der Waals surface area contributed by atoms with Gasteiger partial charge in [-0.3, -0.25) is 0 Å². The second-order valence-corrected chi connectivity index (χ2v) is 15.4. The van der Waals surface area contributed by atoms with Crippen LogP contribution in [0.3, 0.4) is 0 Å². The van der Waals surface area contributed by atoms with E-state index in [4.69, 9.17) is 0 Å². The van der Waals surface area contributed by atoms with E-state index in [9.17, 15) is 16.8 Å². The van der Waals surface area contributed by atoms with E-state index in [-0.39, 0.29) is 5.25 Å². The van der Waals surface area contributed by atoms with Gasteiger partial charge in [-0.05, 0) is 62.2 Å². The minimum absolute atomic E-state index is 0.0816. The Kier molecular flexibility index (Phi) is 11.1. The van der Waals surface area contributed by atoms with E-state index in [1.807, 2.05) is 0 Å². The number of sulfonamides is 1. The third kappa shape index (κ3) is 7.89. The fourth-order valence-corrected chi connectivity index (χ4v) is 8.58. The van der Waals surface area contributed by atoms with Crippen molar-refractivity contribution < 1.29 is 16.8 Å². The summed E-state index contributed by atoms with van der Waals surface area (Å²) in [5, 5.41) is -0.0816. The van der Waals surface area contributed by atoms with Gasteiger partial charge < -0.3 is 0 Å². The van der Waals surface area contributed by atoms with Gasteiger partial charge in [-0.2, -0.15) is 17.0 Å². The molecule has 33 heavy (non-hydrogen) atoms. The van der Waals surface area contributed by atoms with Crippen molar-refractivity contribution in [2.45, 2.75) is 90.7 Å². The summed E-state index contributed by atoms with van der Waals surface area (Å²) in [6, 6.07) is 0. The van der Waals surface area contributed by atoms with Crippen molar-refractivity contribution in [1.29, 1.82) is 0 Å². The molecule has 0 radical (unpaired) electrons. The Balaban J connectivity index is 0.000000238. The van der Waals surface area contributed by atoms with Crippen LogP contribution < -0.4 is 0 Å². The molecule has 7 nitrogen and oxygen atoms in total. The Labute approximate surface area is 204 Å². The predicted octanol–water partition coefficient (Wildman–Crippen LogP) is 4.18. The fraction of sp³-hybridized carbons (Fsp3) is 1.00. The first-order valence-corrected chi connectivity index (χ1v) is 15.9. The smallest absolute Gasteiger partial charge is 0.212 e. The van der Waals surface area contributed by atoms with Gasteiger partial charge in [-0.15, -0.1) is 0 Å². The SMILES string of the molecule is CC(C)C1CCN(S(=O)(=O)C2CCCCC2)CC1.CC(C)C1CCN(S(=O)(=O)N(C)C)CC1. The highest BCUT2D eigenvalue weighted by Crippen LogP contribution is 2.31. The molecule has 3 fully saturated rings. The van der Waals surface area contributed by atoms with Crippen LogP contribution in [-0.2, 0) is 20.2 Å². The number of rotatable bonds is 6. The van der Waals surface area contributed by atoms with Crippen LogP contribution in [0.5, 0.6) is 0 Å². The molecule has 0 aromatic heterocycles. The Morgan fingerprint density at radius 2 is 1.03 bits per heavy atom. The summed E-state index contributed by atoms with van der Waals surface area (Å²) < 4.78 is 53.4. The fourth-order valence-electron chi connectivity index (χ4n) is 5.37. The monoisotopic (exact) mass is 507 g/mol. The molecule has 0 spiro atoms. The van der Waals surface area contributed by atoms with E-state index in [1.54, 1.807) is 22.7 Å². The maximum absolute atomic E-state index is 12.5. The summed E-state index contributed by atoms with van der Waals surface area (Å²) in [4.78, 5) is 0. The van der Waals surface area contributed by atoms with E-state index < -0.39 is 20.2 Å². The molecule has 9 heteroatoms. The lowest BCUT2D eigenvalue weighted by Gasteiger charge is -2.36. The summed E-state index contributed by atoms with van der Waals surface area (Å²) in [5.41, 5.74) is 0. The molecule has 0 unspecified atom stereocenters. The molecule has 2 saturated heterocycles. The van der Waals surface area contributed by atoms with E-state index in [0.29, 0.717) is 36.8 Å². The molecule has 1 aliphatic carbocycles. The van der Waals surface area contributed by atoms with Crippen LogP contribution in [0.15, 0.2) is 0 Å². The van der Waals surface area contributed by atoms with Gasteiger partial charge in [0.1, 0.15) is 0 Å². The van der Waals surface area contributed by atoms with Crippen molar-refractivity contribution in [3.8, 4) is 0 Å². The van der Waals surface area contributed by atoms with Gasteiger partial charge in [0.05, 0.1) is 5.25 Å². The van der Waals surface area contributed by atoms with Gasteiger partial charge in [0.2, 0.25) is 10.0 Å². The van der Waals surface area contributed by atoms with Crippen LogP contribution in [0.4, 0.5) is 0 Å². The molecule has 1 saturated carbocycles. The number of hydrogen-bond donors (Lipinski definition) is 0. The van der Waals surface area contributed by atoms with Crippen molar-refractivity contribution >= 4 is 20.2 Å². The highest BCUT2D eigenvalue weighted by Gasteiger charge is 2.35. The topological polar surface area (TPSA) is 78.0 Å². The average Bonchev–Trinajstić information content (AvgIpc) is 2.80. The molecule has 3 aliphatic rings. The molecule has 0 atom stereocenters. The number of piperidine rings is 2. The largest absolute Gasteiger partial charge is 0.281 e. The second kappa shape index (κ2) is 12.7. The van der Waals surface area contributed by atoms with Crippen LogP contribution in [0, 0.1) is 23.7 Å². The van der Waals surface area contributed by atoms with Gasteiger partial charge in [0.15, 0.2) is 0 Å². The summed E-state index contributed by atoms with van der Waals surface area (Å²) in [6.07, 6.45) is 9.22. The Bertz CT molecular complexity index is 775. The summed E-state index contributed by atoms with van der Waals surface area (Å²) >= 11 is 0. The van der Waals surface area contributed by atoms with Gasteiger partial charge in [-0.25, -0.2) is 12.7 Å². The van der Waals surface area contributed by atoms with Crippen LogP contribution in [0.25, 0.3) is 0 Å². The van der Waals surface area contributed by atoms with E-state index in [2.05, 4.69) is 27.7 Å². The van der Waals surface area contributed by atoms with Crippen LogP contribution >= 0.6 is 0 Å². The molecular weight excluding hydrogens is 458 g/mol. The lowest BCUT2D eigenvalue weighted by molar-refractivity contribution is 0.220. The molecule has 0 amide bonds. The molecule has 196 valence electrons. The highest BCUT2D eigenvalue weighted by molar-refractivity contribution is 7.89. The zero-order valence-electron chi connectivity index (χ0n) is 21.9. The maximum Gasteiger partial charge on any atom is 0.281 e. The van der Waals surface area contributed by atoms with Crippen molar-refractivity contribution in [3.05, 3.63) is 0 Å². The third-order valence-corrected chi connectivity index (χ3v) is 12.3. The van der Waals surface area contributed by atoms with Crippen molar-refractivity contribution in [3.63, 3.8) is 0 Å². The predicted molar refractivity (Wildman–Crippen MR) is 137 cm³/mol. The van der Waals surface area contributed by atoms with E-state index in [1.165, 1.54) is 10.7 Å². The van der Waals surface area contributed by atoms with Crippen molar-refractivity contribution in [2.75, 3.05) is 40.3 Å². The van der Waals surface area contributed by atoms with Crippen molar-refractivity contribution in [1.82, 2.24) is 12.9 Å². The first kappa shape index (κ1) is 29.0. The highest BCUT2D eigenvalue weighted by atomic mass is 32.2. The molecule has 2 aliphatic heterocycles. The quantitative estimate of drug-likeness (QED) is 0.540. The number of nitrogens with zero attached hydrogens (tertiary/aromatic N) is 3. The molecule has 0 aromatic rings. The van der Waals surface area contributed by atoms with Gasteiger partial charge >= 0.3 is 0 Å². The first-order valence-electron chi connectivity index (χ1n) is 13.0. The van der Waals surface area contributed by atoms with E-state index in [0.717, 1.165) is 64.5 Å². The average molecular weight is 508 g/mol. The molecule has 0 bridgehead atoms. The molecule has 2 heterocycles. The molecule has 0 aromatic carbocycles. The van der Waals surface area contributed by atoms with Crippen LogP contribution in [0.1, 0.15) is 85.5 Å². The minimum Gasteiger partial charge on any atom is -0.212 e. The van der Waals surface area contributed by atoms with Crippen LogP contribution in [0.2, 0.25) is 0 Å². The molecule has 0 N–H and O–H groups in total.